The van der Waals surface area contributed by atoms with Gasteiger partial charge in [0, 0.05) is 24.9 Å². The number of hydrogen-bond donors (Lipinski definition) is 0. The first-order valence-electron chi connectivity index (χ1n) is 7.67. The Morgan fingerprint density at radius 3 is 2.55 bits per heavy atom. The highest BCUT2D eigenvalue weighted by Gasteiger charge is 2.22. The molecule has 4 nitrogen and oxygen atoms in total. The Balaban J connectivity index is 2.65. The summed E-state index contributed by atoms with van der Waals surface area (Å²) in [6.45, 7) is 9.53. The third-order valence-corrected chi connectivity index (χ3v) is 4.08. The summed E-state index contributed by atoms with van der Waals surface area (Å²) < 4.78 is 4.47. The van der Waals surface area contributed by atoms with Crippen molar-refractivity contribution in [1.82, 2.24) is 19.3 Å². The molecule has 5 heteroatoms. The SMILES string of the molecule is CCCC(CC)n1c(CCCl)nc2c(C)nn(CC)c21. The zero-order valence-corrected chi connectivity index (χ0v) is 13.7. The fourth-order valence-electron chi connectivity index (χ4n) is 2.95. The Morgan fingerprint density at radius 2 is 2.00 bits per heavy atom. The molecule has 0 bridgehead atoms. The molecule has 112 valence electrons. The number of fused-ring (bicyclic) bond motifs is 1. The van der Waals surface area contributed by atoms with Crippen LogP contribution in [0.5, 0.6) is 0 Å². The number of halogens is 1. The van der Waals surface area contributed by atoms with Crippen molar-refractivity contribution in [2.24, 2.45) is 0 Å². The highest BCUT2D eigenvalue weighted by molar-refractivity contribution is 6.17. The van der Waals surface area contributed by atoms with Gasteiger partial charge in [0.1, 0.15) is 11.3 Å². The van der Waals surface area contributed by atoms with E-state index in [-0.39, 0.29) is 0 Å². The molecule has 1 atom stereocenters. The average molecular weight is 297 g/mol. The normalized spacial score (nSPS) is 13.2. The Bertz CT molecular complexity index is 570. The van der Waals surface area contributed by atoms with Gasteiger partial charge < -0.3 is 4.57 Å². The standard InChI is InChI=1S/C15H25ClN4/c1-5-8-12(6-2)20-13(9-10-16)17-14-11(4)18-19(7-3)15(14)20/h12H,5-10H2,1-4H3. The molecule has 0 fully saturated rings. The van der Waals surface area contributed by atoms with Crippen molar-refractivity contribution in [2.45, 2.75) is 66.0 Å². The fourth-order valence-corrected chi connectivity index (χ4v) is 3.12. The van der Waals surface area contributed by atoms with E-state index in [2.05, 4.69) is 35.1 Å². The summed E-state index contributed by atoms with van der Waals surface area (Å²) in [7, 11) is 0. The van der Waals surface area contributed by atoms with Crippen molar-refractivity contribution in [1.29, 1.82) is 0 Å². The lowest BCUT2D eigenvalue weighted by atomic mass is 10.1. The number of imidazole rings is 1. The van der Waals surface area contributed by atoms with E-state index < -0.39 is 0 Å². The maximum atomic E-state index is 5.97. The largest absolute Gasteiger partial charge is 0.310 e. The predicted octanol–water partition coefficient (Wildman–Crippen LogP) is 4.09. The van der Waals surface area contributed by atoms with E-state index in [4.69, 9.17) is 16.6 Å². The van der Waals surface area contributed by atoms with E-state index in [0.29, 0.717) is 11.9 Å². The van der Waals surface area contributed by atoms with Crippen LogP contribution in [0, 0.1) is 6.92 Å². The van der Waals surface area contributed by atoms with Crippen molar-refractivity contribution in [2.75, 3.05) is 5.88 Å². The molecule has 2 rings (SSSR count). The molecule has 2 aromatic heterocycles. The van der Waals surface area contributed by atoms with Gasteiger partial charge in [0.05, 0.1) is 5.69 Å². The Morgan fingerprint density at radius 1 is 1.25 bits per heavy atom. The van der Waals surface area contributed by atoms with E-state index >= 15 is 0 Å². The third-order valence-electron chi connectivity index (χ3n) is 3.89. The molecule has 0 aliphatic rings. The van der Waals surface area contributed by atoms with Gasteiger partial charge in [0.15, 0.2) is 5.65 Å². The molecule has 0 aliphatic heterocycles. The molecule has 0 aromatic carbocycles. The second-order valence-corrected chi connectivity index (χ2v) is 5.64. The first-order chi connectivity index (χ1) is 9.67. The van der Waals surface area contributed by atoms with Gasteiger partial charge >= 0.3 is 0 Å². The lowest BCUT2D eigenvalue weighted by Crippen LogP contribution is -2.15. The van der Waals surface area contributed by atoms with Crippen molar-refractivity contribution >= 4 is 22.8 Å². The van der Waals surface area contributed by atoms with Crippen LogP contribution in [0.1, 0.15) is 57.6 Å². The van der Waals surface area contributed by atoms with Gasteiger partial charge in [-0.1, -0.05) is 20.3 Å². The highest BCUT2D eigenvalue weighted by Crippen LogP contribution is 2.28. The minimum Gasteiger partial charge on any atom is -0.310 e. The van der Waals surface area contributed by atoms with Crippen molar-refractivity contribution in [3.63, 3.8) is 0 Å². The molecule has 0 saturated carbocycles. The van der Waals surface area contributed by atoms with E-state index in [0.717, 1.165) is 36.4 Å². The van der Waals surface area contributed by atoms with Gasteiger partial charge in [-0.15, -0.1) is 11.6 Å². The van der Waals surface area contributed by atoms with Gasteiger partial charge in [-0.05, 0) is 26.7 Å². The molecular weight excluding hydrogens is 272 g/mol. The van der Waals surface area contributed by atoms with E-state index in [9.17, 15) is 0 Å². The Hall–Kier alpha value is -1.03. The number of nitrogens with zero attached hydrogens (tertiary/aromatic N) is 4. The third kappa shape index (κ3) is 2.58. The first-order valence-corrected chi connectivity index (χ1v) is 8.21. The lowest BCUT2D eigenvalue weighted by molar-refractivity contribution is 0.436. The second kappa shape index (κ2) is 6.61. The molecule has 0 amide bonds. The van der Waals surface area contributed by atoms with Crippen LogP contribution in [0.3, 0.4) is 0 Å². The first kappa shape index (κ1) is 15.4. The monoisotopic (exact) mass is 296 g/mol. The van der Waals surface area contributed by atoms with Gasteiger partial charge in [0.25, 0.3) is 0 Å². The van der Waals surface area contributed by atoms with Crippen LogP contribution in [-0.4, -0.2) is 25.2 Å². The zero-order chi connectivity index (χ0) is 14.7. The smallest absolute Gasteiger partial charge is 0.159 e. The van der Waals surface area contributed by atoms with Gasteiger partial charge in [-0.2, -0.15) is 5.10 Å². The van der Waals surface area contributed by atoms with Crippen LogP contribution in [0.15, 0.2) is 0 Å². The molecule has 0 N–H and O–H groups in total. The van der Waals surface area contributed by atoms with Crippen LogP contribution in [0.2, 0.25) is 0 Å². The molecule has 2 aromatic rings. The van der Waals surface area contributed by atoms with Crippen molar-refractivity contribution in [3.05, 3.63) is 11.5 Å². The van der Waals surface area contributed by atoms with Crippen LogP contribution >= 0.6 is 11.6 Å². The maximum absolute atomic E-state index is 5.97. The maximum Gasteiger partial charge on any atom is 0.159 e. The highest BCUT2D eigenvalue weighted by atomic mass is 35.5. The average Bonchev–Trinajstić information content (AvgIpc) is 2.95. The summed E-state index contributed by atoms with van der Waals surface area (Å²) in [5.41, 5.74) is 3.23. The van der Waals surface area contributed by atoms with Gasteiger partial charge in [-0.3, -0.25) is 0 Å². The van der Waals surface area contributed by atoms with E-state index in [1.807, 2.05) is 6.92 Å². The summed E-state index contributed by atoms with van der Waals surface area (Å²) >= 11 is 5.97. The number of aryl methyl sites for hydroxylation is 3. The van der Waals surface area contributed by atoms with E-state index in [1.54, 1.807) is 0 Å². The second-order valence-electron chi connectivity index (χ2n) is 5.26. The molecule has 0 radical (unpaired) electrons. The summed E-state index contributed by atoms with van der Waals surface area (Å²) in [5.74, 6) is 1.72. The molecule has 2 heterocycles. The molecule has 1 unspecified atom stereocenters. The summed E-state index contributed by atoms with van der Waals surface area (Å²) in [6.07, 6.45) is 4.28. The van der Waals surface area contributed by atoms with Crippen molar-refractivity contribution < 1.29 is 0 Å². The van der Waals surface area contributed by atoms with Gasteiger partial charge in [0.2, 0.25) is 0 Å². The zero-order valence-electron chi connectivity index (χ0n) is 13.0. The number of rotatable bonds is 7. The van der Waals surface area contributed by atoms with Crippen LogP contribution < -0.4 is 0 Å². The van der Waals surface area contributed by atoms with E-state index in [1.165, 1.54) is 18.5 Å². The summed E-state index contributed by atoms with van der Waals surface area (Å²) in [4.78, 5) is 4.82. The van der Waals surface area contributed by atoms with Crippen molar-refractivity contribution in [3.8, 4) is 0 Å². The Labute approximate surface area is 126 Å². The summed E-state index contributed by atoms with van der Waals surface area (Å²) in [6, 6.07) is 0.490. The molecule has 0 saturated heterocycles. The number of alkyl halides is 1. The number of aromatic nitrogens is 4. The minimum atomic E-state index is 0.490. The van der Waals surface area contributed by atoms with Crippen LogP contribution in [0.25, 0.3) is 11.2 Å². The van der Waals surface area contributed by atoms with Crippen LogP contribution in [-0.2, 0) is 13.0 Å². The topological polar surface area (TPSA) is 35.6 Å². The van der Waals surface area contributed by atoms with Crippen LogP contribution in [0.4, 0.5) is 0 Å². The predicted molar refractivity (Wildman–Crippen MR) is 84.6 cm³/mol. The minimum absolute atomic E-state index is 0.490. The molecule has 0 spiro atoms. The van der Waals surface area contributed by atoms with Gasteiger partial charge in [-0.25, -0.2) is 9.67 Å². The Kier molecular flexibility index (Phi) is 5.08. The lowest BCUT2D eigenvalue weighted by Gasteiger charge is -2.20. The molecule has 0 aliphatic carbocycles. The quantitative estimate of drug-likeness (QED) is 0.721. The number of hydrogen-bond acceptors (Lipinski definition) is 2. The summed E-state index contributed by atoms with van der Waals surface area (Å²) in [5, 5.41) is 4.61. The fraction of sp³-hybridized carbons (Fsp3) is 0.733. The molecule has 20 heavy (non-hydrogen) atoms. The molecular formula is C15H25ClN4.